The average Bonchev–Trinajstić information content (AvgIpc) is 2.68. The normalized spacial score (nSPS) is 9.88. The summed E-state index contributed by atoms with van der Waals surface area (Å²) in [5, 5.41) is 0. The number of hydrogen-bond donors (Lipinski definition) is 0. The number of imidazole rings is 1. The van der Waals surface area contributed by atoms with Gasteiger partial charge >= 0.3 is 0 Å². The highest BCUT2D eigenvalue weighted by Crippen LogP contribution is 2.13. The Labute approximate surface area is 115 Å². The fourth-order valence-electron chi connectivity index (χ4n) is 1.55. The number of aryl methyl sites for hydroxylation is 1. The molecule has 0 aliphatic carbocycles. The molecule has 2 rings (SSSR count). The predicted octanol–water partition coefficient (Wildman–Crippen LogP) is -0.0587. The molecule has 0 aliphatic rings. The maximum atomic E-state index is 3.43. The number of aromatic nitrogens is 2. The van der Waals surface area contributed by atoms with Crippen LogP contribution in [0.4, 0.5) is 0 Å². The van der Waals surface area contributed by atoms with Crippen molar-refractivity contribution in [1.29, 1.82) is 0 Å². The number of halogens is 2. The quantitative estimate of drug-likeness (QED) is 0.689. The van der Waals surface area contributed by atoms with Gasteiger partial charge in [-0.2, -0.15) is 0 Å². The molecule has 0 amide bonds. The fourth-order valence-corrected chi connectivity index (χ4v) is 1.81. The topological polar surface area (TPSA) is 8.81 Å². The molecule has 1 heterocycles. The molecule has 1 aromatic carbocycles. The van der Waals surface area contributed by atoms with Gasteiger partial charge in [-0.3, -0.25) is 0 Å². The van der Waals surface area contributed by atoms with Crippen molar-refractivity contribution < 1.29 is 21.5 Å². The van der Waals surface area contributed by atoms with Gasteiger partial charge < -0.3 is 17.0 Å². The second kappa shape index (κ2) is 6.21. The van der Waals surface area contributed by atoms with Crippen LogP contribution in [0.2, 0.25) is 0 Å². The highest BCUT2D eigenvalue weighted by molar-refractivity contribution is 9.10. The molecular weight excluding hydrogens is 332 g/mol. The molecule has 0 bridgehead atoms. The van der Waals surface area contributed by atoms with Gasteiger partial charge in [-0.1, -0.05) is 22.9 Å². The van der Waals surface area contributed by atoms with Gasteiger partial charge in [0.25, 0.3) is 0 Å². The first-order valence-electron chi connectivity index (χ1n) is 5.12. The van der Waals surface area contributed by atoms with E-state index in [0.717, 1.165) is 17.4 Å². The lowest BCUT2D eigenvalue weighted by atomic mass is 10.3. The molecule has 0 unspecified atom stereocenters. The van der Waals surface area contributed by atoms with Crippen LogP contribution >= 0.6 is 15.9 Å². The smallest absolute Gasteiger partial charge is 0.248 e. The van der Waals surface area contributed by atoms with Gasteiger partial charge in [0.1, 0.15) is 18.1 Å². The standard InChI is InChI=1S/C12H14BrN2.BrH/c1-2-7-14-8-9-15(10-14)12-5-3-11(13)4-6-12;/h3-6,8-10H,2,7H2,1H3;1H/q+1;/p-1. The van der Waals surface area contributed by atoms with Gasteiger partial charge in [-0.05, 0) is 30.7 Å². The first kappa shape index (κ1) is 13.5. The summed E-state index contributed by atoms with van der Waals surface area (Å²) in [6.45, 7) is 3.26. The van der Waals surface area contributed by atoms with E-state index in [-0.39, 0.29) is 17.0 Å². The van der Waals surface area contributed by atoms with Crippen molar-refractivity contribution >= 4 is 15.9 Å². The molecule has 0 saturated heterocycles. The Bertz CT molecular complexity index is 435. The summed E-state index contributed by atoms with van der Waals surface area (Å²) >= 11 is 3.43. The highest BCUT2D eigenvalue weighted by atomic mass is 79.9. The van der Waals surface area contributed by atoms with E-state index in [1.807, 2.05) is 0 Å². The van der Waals surface area contributed by atoms with Gasteiger partial charge in [-0.15, -0.1) is 0 Å². The van der Waals surface area contributed by atoms with Crippen molar-refractivity contribution in [3.63, 3.8) is 0 Å². The van der Waals surface area contributed by atoms with Crippen LogP contribution in [0.3, 0.4) is 0 Å². The Hall–Kier alpha value is -0.610. The molecule has 16 heavy (non-hydrogen) atoms. The van der Waals surface area contributed by atoms with Crippen LogP contribution in [0, 0.1) is 0 Å². The lowest BCUT2D eigenvalue weighted by Crippen LogP contribution is -3.00. The minimum atomic E-state index is 0. The van der Waals surface area contributed by atoms with E-state index < -0.39 is 0 Å². The summed E-state index contributed by atoms with van der Waals surface area (Å²) in [6, 6.07) is 8.31. The van der Waals surface area contributed by atoms with Crippen LogP contribution < -0.4 is 21.5 Å². The molecule has 0 aliphatic heterocycles. The molecule has 0 spiro atoms. The second-order valence-electron chi connectivity index (χ2n) is 3.54. The molecule has 0 saturated carbocycles. The molecular formula is C12H14Br2N2. The fraction of sp³-hybridized carbons (Fsp3) is 0.250. The first-order chi connectivity index (χ1) is 7.29. The minimum absolute atomic E-state index is 0. The van der Waals surface area contributed by atoms with Gasteiger partial charge in [0.15, 0.2) is 0 Å². The third kappa shape index (κ3) is 3.19. The van der Waals surface area contributed by atoms with E-state index in [1.54, 1.807) is 0 Å². The summed E-state index contributed by atoms with van der Waals surface area (Å²) in [7, 11) is 0. The molecule has 2 aromatic rings. The van der Waals surface area contributed by atoms with Crippen LogP contribution in [-0.4, -0.2) is 4.57 Å². The van der Waals surface area contributed by atoms with E-state index in [2.05, 4.69) is 75.0 Å². The van der Waals surface area contributed by atoms with E-state index in [9.17, 15) is 0 Å². The third-order valence-corrected chi connectivity index (χ3v) is 2.83. The van der Waals surface area contributed by atoms with Crippen LogP contribution in [-0.2, 0) is 6.54 Å². The predicted molar refractivity (Wildman–Crippen MR) is 64.0 cm³/mol. The number of benzene rings is 1. The van der Waals surface area contributed by atoms with Gasteiger partial charge in [0.2, 0.25) is 6.33 Å². The number of hydrogen-bond acceptors (Lipinski definition) is 0. The van der Waals surface area contributed by atoms with Gasteiger partial charge in [0, 0.05) is 4.47 Å². The molecule has 0 N–H and O–H groups in total. The summed E-state index contributed by atoms with van der Waals surface area (Å²) in [4.78, 5) is 0. The first-order valence-corrected chi connectivity index (χ1v) is 5.92. The van der Waals surface area contributed by atoms with E-state index >= 15 is 0 Å². The largest absolute Gasteiger partial charge is 1.00 e. The van der Waals surface area contributed by atoms with Crippen molar-refractivity contribution in [3.05, 3.63) is 47.5 Å². The Kier molecular flexibility index (Phi) is 5.22. The third-order valence-electron chi connectivity index (χ3n) is 2.30. The van der Waals surface area contributed by atoms with E-state index in [0.29, 0.717) is 0 Å². The van der Waals surface area contributed by atoms with Gasteiger partial charge in [-0.25, -0.2) is 9.13 Å². The second-order valence-corrected chi connectivity index (χ2v) is 4.45. The molecule has 0 atom stereocenters. The molecule has 4 heteroatoms. The van der Waals surface area contributed by atoms with Crippen molar-refractivity contribution in [3.8, 4) is 5.69 Å². The molecule has 1 aromatic heterocycles. The molecule has 2 nitrogen and oxygen atoms in total. The van der Waals surface area contributed by atoms with Crippen LogP contribution in [0.25, 0.3) is 5.69 Å². The molecule has 86 valence electrons. The number of nitrogens with zero attached hydrogens (tertiary/aromatic N) is 2. The van der Waals surface area contributed by atoms with E-state index in [4.69, 9.17) is 0 Å². The minimum Gasteiger partial charge on any atom is -1.00 e. The summed E-state index contributed by atoms with van der Waals surface area (Å²) in [5.41, 5.74) is 1.19. The van der Waals surface area contributed by atoms with Crippen molar-refractivity contribution in [1.82, 2.24) is 4.57 Å². The monoisotopic (exact) mass is 344 g/mol. The Morgan fingerprint density at radius 3 is 2.56 bits per heavy atom. The lowest BCUT2D eigenvalue weighted by Gasteiger charge is -1.95. The van der Waals surface area contributed by atoms with Crippen LogP contribution in [0.1, 0.15) is 13.3 Å². The molecule has 0 radical (unpaired) electrons. The Morgan fingerprint density at radius 1 is 1.25 bits per heavy atom. The summed E-state index contributed by atoms with van der Waals surface area (Å²) in [5.74, 6) is 0. The Morgan fingerprint density at radius 2 is 1.94 bits per heavy atom. The molecule has 0 fully saturated rings. The highest BCUT2D eigenvalue weighted by Gasteiger charge is 2.04. The average molecular weight is 346 g/mol. The van der Waals surface area contributed by atoms with Crippen molar-refractivity contribution in [2.24, 2.45) is 0 Å². The zero-order valence-corrected chi connectivity index (χ0v) is 12.3. The summed E-state index contributed by atoms with van der Waals surface area (Å²) in [6.07, 6.45) is 7.46. The van der Waals surface area contributed by atoms with E-state index in [1.165, 1.54) is 5.69 Å². The van der Waals surface area contributed by atoms with Crippen LogP contribution in [0.5, 0.6) is 0 Å². The van der Waals surface area contributed by atoms with Crippen LogP contribution in [0.15, 0.2) is 47.5 Å². The van der Waals surface area contributed by atoms with Gasteiger partial charge in [0.05, 0.1) is 6.54 Å². The maximum Gasteiger partial charge on any atom is 0.248 e. The zero-order chi connectivity index (χ0) is 10.7. The SMILES string of the molecule is CCC[n+]1ccn(-c2ccc(Br)cc2)c1.[Br-]. The Balaban J connectivity index is 0.00000128. The van der Waals surface area contributed by atoms with Crippen molar-refractivity contribution in [2.75, 3.05) is 0 Å². The van der Waals surface area contributed by atoms with Crippen molar-refractivity contribution in [2.45, 2.75) is 19.9 Å². The number of rotatable bonds is 3. The maximum absolute atomic E-state index is 3.43. The zero-order valence-electron chi connectivity index (χ0n) is 9.11. The lowest BCUT2D eigenvalue weighted by molar-refractivity contribution is -0.696. The summed E-state index contributed by atoms with van der Waals surface area (Å²) < 4.78 is 5.43.